The van der Waals surface area contributed by atoms with Crippen molar-refractivity contribution in [3.8, 4) is 0 Å². The van der Waals surface area contributed by atoms with Crippen LogP contribution in [0.2, 0.25) is 0 Å². The minimum atomic E-state index is 0. The average molecular weight is 447 g/mol. The van der Waals surface area contributed by atoms with Crippen molar-refractivity contribution < 1.29 is 4.74 Å². The van der Waals surface area contributed by atoms with Crippen LogP contribution in [0.4, 0.5) is 0 Å². The van der Waals surface area contributed by atoms with E-state index in [0.717, 1.165) is 19.1 Å². The quantitative estimate of drug-likeness (QED) is 0.424. The maximum Gasteiger partial charge on any atom is 0.191 e. The van der Waals surface area contributed by atoms with Crippen molar-refractivity contribution in [2.75, 3.05) is 13.7 Å². The fourth-order valence-electron chi connectivity index (χ4n) is 4.83. The van der Waals surface area contributed by atoms with E-state index in [1.165, 1.54) is 37.7 Å². The molecule has 0 bridgehead atoms. The van der Waals surface area contributed by atoms with Gasteiger partial charge in [-0.15, -0.1) is 24.0 Å². The Morgan fingerprint density at radius 3 is 2.96 bits per heavy atom. The first-order chi connectivity index (χ1) is 10.8. The van der Waals surface area contributed by atoms with Crippen molar-refractivity contribution in [1.82, 2.24) is 10.6 Å². The molecule has 2 saturated carbocycles. The fraction of sp³-hybridized carbons (Fsp3) is 0.706. The molecule has 1 aromatic rings. The summed E-state index contributed by atoms with van der Waals surface area (Å²) in [6.07, 6.45) is 7.03. The summed E-state index contributed by atoms with van der Waals surface area (Å²) in [7, 11) is 1.87. The van der Waals surface area contributed by atoms with E-state index in [1.54, 1.807) is 11.3 Å². The Labute approximate surface area is 159 Å². The summed E-state index contributed by atoms with van der Waals surface area (Å²) in [6, 6.07) is 2.70. The maximum absolute atomic E-state index is 6.06. The predicted molar refractivity (Wildman–Crippen MR) is 106 cm³/mol. The molecule has 2 aliphatic carbocycles. The third kappa shape index (κ3) is 3.02. The number of thiophene rings is 1. The Morgan fingerprint density at radius 1 is 1.43 bits per heavy atom. The largest absolute Gasteiger partial charge is 0.377 e. The summed E-state index contributed by atoms with van der Waals surface area (Å²) in [6.45, 7) is 1.78. The molecule has 3 atom stereocenters. The van der Waals surface area contributed by atoms with Gasteiger partial charge in [-0.05, 0) is 41.7 Å². The monoisotopic (exact) mass is 447 g/mol. The maximum atomic E-state index is 6.06. The lowest BCUT2D eigenvalue weighted by molar-refractivity contribution is -0.125. The molecule has 6 heteroatoms. The van der Waals surface area contributed by atoms with Gasteiger partial charge in [0.05, 0.1) is 6.10 Å². The summed E-state index contributed by atoms with van der Waals surface area (Å²) >= 11 is 1.74. The zero-order valence-corrected chi connectivity index (χ0v) is 16.7. The third-order valence-electron chi connectivity index (χ3n) is 5.84. The number of rotatable bonds is 3. The van der Waals surface area contributed by atoms with E-state index < -0.39 is 0 Å². The number of halogens is 1. The Morgan fingerprint density at radius 2 is 2.26 bits per heavy atom. The van der Waals surface area contributed by atoms with Crippen LogP contribution < -0.4 is 10.6 Å². The van der Waals surface area contributed by atoms with Crippen molar-refractivity contribution >= 4 is 41.3 Å². The average Bonchev–Trinajstić information content (AvgIpc) is 3.27. The molecule has 1 spiro atoms. The van der Waals surface area contributed by atoms with Crippen LogP contribution in [0.1, 0.15) is 37.7 Å². The highest BCUT2D eigenvalue weighted by Crippen LogP contribution is 2.60. The zero-order chi connectivity index (χ0) is 15.0. The van der Waals surface area contributed by atoms with Crippen LogP contribution in [-0.2, 0) is 11.3 Å². The molecule has 3 unspecified atom stereocenters. The topological polar surface area (TPSA) is 45.7 Å². The van der Waals surface area contributed by atoms with Gasteiger partial charge in [-0.25, -0.2) is 0 Å². The second-order valence-electron chi connectivity index (χ2n) is 6.86. The van der Waals surface area contributed by atoms with Crippen LogP contribution in [0.25, 0.3) is 0 Å². The molecule has 2 heterocycles. The lowest BCUT2D eigenvalue weighted by atomic mass is 9.54. The van der Waals surface area contributed by atoms with Gasteiger partial charge in [-0.1, -0.05) is 12.8 Å². The molecule has 1 aromatic heterocycles. The standard InChI is InChI=1S/C17H25N3OS.HI/c1-18-16(19-10-12-5-9-22-11-12)20-14-13-4-8-21-15(13)17(14)6-2-3-7-17;/h5,9,11,13-15H,2-4,6-8,10H2,1H3,(H2,18,19,20);1H. The number of nitrogens with zero attached hydrogens (tertiary/aromatic N) is 1. The van der Waals surface area contributed by atoms with Gasteiger partial charge >= 0.3 is 0 Å². The molecule has 1 aliphatic heterocycles. The summed E-state index contributed by atoms with van der Waals surface area (Å²) in [5, 5.41) is 11.5. The summed E-state index contributed by atoms with van der Waals surface area (Å²) in [5.41, 5.74) is 1.69. The van der Waals surface area contributed by atoms with Crippen molar-refractivity contribution in [3.63, 3.8) is 0 Å². The van der Waals surface area contributed by atoms with Crippen molar-refractivity contribution in [1.29, 1.82) is 0 Å². The minimum absolute atomic E-state index is 0. The van der Waals surface area contributed by atoms with Crippen molar-refractivity contribution in [2.24, 2.45) is 16.3 Å². The van der Waals surface area contributed by atoms with Gasteiger partial charge < -0.3 is 15.4 Å². The van der Waals surface area contributed by atoms with E-state index in [-0.39, 0.29) is 24.0 Å². The number of fused-ring (bicyclic) bond motifs is 2. The molecular formula is C17H26IN3OS. The molecule has 0 aromatic carbocycles. The minimum Gasteiger partial charge on any atom is -0.377 e. The van der Waals surface area contributed by atoms with Gasteiger partial charge in [-0.3, -0.25) is 4.99 Å². The highest BCUT2D eigenvalue weighted by atomic mass is 127. The molecular weight excluding hydrogens is 421 g/mol. The second-order valence-corrected chi connectivity index (χ2v) is 7.64. The van der Waals surface area contributed by atoms with Gasteiger partial charge in [0.25, 0.3) is 0 Å². The van der Waals surface area contributed by atoms with Crippen LogP contribution in [0.3, 0.4) is 0 Å². The van der Waals surface area contributed by atoms with Crippen molar-refractivity contribution in [2.45, 2.75) is 50.8 Å². The van der Waals surface area contributed by atoms with Crippen LogP contribution in [-0.4, -0.2) is 31.8 Å². The number of ether oxygens (including phenoxy) is 1. The SMILES string of the molecule is CN=C(NCc1ccsc1)NC1C2CCOC2C12CCCC2.I. The van der Waals surface area contributed by atoms with Crippen LogP contribution in [0.5, 0.6) is 0 Å². The zero-order valence-electron chi connectivity index (χ0n) is 13.6. The molecule has 4 nitrogen and oxygen atoms in total. The molecule has 0 radical (unpaired) electrons. The van der Waals surface area contributed by atoms with Crippen molar-refractivity contribution in [3.05, 3.63) is 22.4 Å². The summed E-state index contributed by atoms with van der Waals surface area (Å²) in [4.78, 5) is 4.44. The molecule has 2 N–H and O–H groups in total. The number of aliphatic imine (C=N–C) groups is 1. The number of hydrogen-bond acceptors (Lipinski definition) is 3. The first kappa shape index (κ1) is 17.5. The number of guanidine groups is 1. The van der Waals surface area contributed by atoms with Crippen LogP contribution in [0.15, 0.2) is 21.8 Å². The molecule has 4 rings (SSSR count). The van der Waals surface area contributed by atoms with Crippen LogP contribution in [0, 0.1) is 11.3 Å². The summed E-state index contributed by atoms with van der Waals surface area (Å²) < 4.78 is 6.06. The molecule has 23 heavy (non-hydrogen) atoms. The molecule has 1 saturated heterocycles. The third-order valence-corrected chi connectivity index (χ3v) is 6.57. The Balaban J connectivity index is 0.00000156. The first-order valence-corrected chi connectivity index (χ1v) is 9.38. The van der Waals surface area contributed by atoms with Gasteiger partial charge in [-0.2, -0.15) is 11.3 Å². The van der Waals surface area contributed by atoms with E-state index in [0.29, 0.717) is 23.5 Å². The molecule has 3 aliphatic rings. The molecule has 128 valence electrons. The van der Waals surface area contributed by atoms with Gasteiger partial charge in [0.1, 0.15) is 0 Å². The normalized spacial score (nSPS) is 31.3. The van der Waals surface area contributed by atoms with E-state index in [9.17, 15) is 0 Å². The molecule has 0 amide bonds. The van der Waals surface area contributed by atoms with Gasteiger partial charge in [0, 0.05) is 37.6 Å². The van der Waals surface area contributed by atoms with E-state index in [1.807, 2.05) is 7.05 Å². The number of hydrogen-bond donors (Lipinski definition) is 2. The molecule has 3 fully saturated rings. The highest BCUT2D eigenvalue weighted by molar-refractivity contribution is 14.0. The van der Waals surface area contributed by atoms with Gasteiger partial charge in [0.2, 0.25) is 0 Å². The second kappa shape index (κ2) is 7.27. The van der Waals surface area contributed by atoms with E-state index >= 15 is 0 Å². The fourth-order valence-corrected chi connectivity index (χ4v) is 5.49. The Kier molecular flexibility index (Phi) is 5.53. The number of nitrogens with one attached hydrogen (secondary N) is 2. The Bertz CT molecular complexity index is 542. The highest BCUT2D eigenvalue weighted by Gasteiger charge is 2.65. The van der Waals surface area contributed by atoms with E-state index in [2.05, 4.69) is 32.5 Å². The first-order valence-electron chi connectivity index (χ1n) is 8.43. The smallest absolute Gasteiger partial charge is 0.191 e. The summed E-state index contributed by atoms with van der Waals surface area (Å²) in [5.74, 6) is 1.62. The van der Waals surface area contributed by atoms with Gasteiger partial charge in [0.15, 0.2) is 5.96 Å². The Hall–Kier alpha value is -0.340. The lowest BCUT2D eigenvalue weighted by Gasteiger charge is -2.57. The van der Waals surface area contributed by atoms with E-state index in [4.69, 9.17) is 4.74 Å². The van der Waals surface area contributed by atoms with Crippen LogP contribution >= 0.6 is 35.3 Å². The lowest BCUT2D eigenvalue weighted by Crippen LogP contribution is -2.69. The predicted octanol–water partition coefficient (Wildman–Crippen LogP) is 3.38.